The standard InChI is InChI=1S/C12H21BrN4/c1-16(2)5-6-17-12(10(13)8-15-17)11(14)7-9-3-4-9/h8-9,11H,3-7,14H2,1-2H3. The smallest absolute Gasteiger partial charge is 0.0694 e. The molecule has 1 aliphatic carbocycles. The molecule has 2 rings (SSSR count). The molecule has 1 heterocycles. The van der Waals surface area contributed by atoms with Crippen LogP contribution >= 0.6 is 15.9 Å². The van der Waals surface area contributed by atoms with Crippen LogP contribution in [0, 0.1) is 5.92 Å². The number of hydrogen-bond acceptors (Lipinski definition) is 3. The summed E-state index contributed by atoms with van der Waals surface area (Å²) in [5.41, 5.74) is 7.44. The van der Waals surface area contributed by atoms with Crippen molar-refractivity contribution in [3.8, 4) is 0 Å². The van der Waals surface area contributed by atoms with Crippen molar-refractivity contribution in [1.82, 2.24) is 14.7 Å². The SMILES string of the molecule is CN(C)CCn1ncc(Br)c1C(N)CC1CC1. The minimum absolute atomic E-state index is 0.113. The van der Waals surface area contributed by atoms with E-state index in [1.807, 2.05) is 10.9 Å². The fourth-order valence-electron chi connectivity index (χ4n) is 2.04. The molecule has 2 N–H and O–H groups in total. The molecule has 0 saturated heterocycles. The third-order valence-electron chi connectivity index (χ3n) is 3.23. The molecule has 0 bridgehead atoms. The second kappa shape index (κ2) is 5.50. The maximum absolute atomic E-state index is 6.28. The number of nitrogens with zero attached hydrogens (tertiary/aromatic N) is 3. The molecule has 1 aliphatic rings. The van der Waals surface area contributed by atoms with Crippen molar-refractivity contribution in [2.45, 2.75) is 31.8 Å². The van der Waals surface area contributed by atoms with Crippen molar-refractivity contribution >= 4 is 15.9 Å². The van der Waals surface area contributed by atoms with Gasteiger partial charge in [-0.1, -0.05) is 12.8 Å². The third-order valence-corrected chi connectivity index (χ3v) is 3.84. The summed E-state index contributed by atoms with van der Waals surface area (Å²) in [4.78, 5) is 2.16. The first-order chi connectivity index (χ1) is 8.08. The largest absolute Gasteiger partial charge is 0.323 e. The lowest BCUT2D eigenvalue weighted by Gasteiger charge is -2.16. The first kappa shape index (κ1) is 13.1. The maximum Gasteiger partial charge on any atom is 0.0694 e. The molecule has 0 radical (unpaired) electrons. The van der Waals surface area contributed by atoms with E-state index in [-0.39, 0.29) is 6.04 Å². The average molecular weight is 301 g/mol. The van der Waals surface area contributed by atoms with Crippen molar-refractivity contribution in [3.05, 3.63) is 16.4 Å². The average Bonchev–Trinajstić information content (AvgIpc) is 2.97. The number of hydrogen-bond donors (Lipinski definition) is 1. The first-order valence-corrected chi connectivity index (χ1v) is 6.98. The van der Waals surface area contributed by atoms with Crippen LogP contribution in [0.3, 0.4) is 0 Å². The van der Waals surface area contributed by atoms with E-state index in [2.05, 4.69) is 40.0 Å². The van der Waals surface area contributed by atoms with Crippen LogP contribution in [-0.4, -0.2) is 35.3 Å². The lowest BCUT2D eigenvalue weighted by Crippen LogP contribution is -2.23. The molecule has 0 spiro atoms. The fraction of sp³-hybridized carbons (Fsp3) is 0.750. The quantitative estimate of drug-likeness (QED) is 0.874. The summed E-state index contributed by atoms with van der Waals surface area (Å²) in [6.07, 6.45) is 5.64. The van der Waals surface area contributed by atoms with E-state index < -0.39 is 0 Å². The molecule has 1 aromatic heterocycles. The Bertz CT molecular complexity index is 371. The van der Waals surface area contributed by atoms with Crippen LogP contribution in [-0.2, 0) is 6.54 Å². The Labute approximate surface area is 111 Å². The van der Waals surface area contributed by atoms with E-state index in [1.54, 1.807) is 0 Å². The lowest BCUT2D eigenvalue weighted by molar-refractivity contribution is 0.364. The van der Waals surface area contributed by atoms with E-state index in [1.165, 1.54) is 12.8 Å². The molecule has 1 unspecified atom stereocenters. The first-order valence-electron chi connectivity index (χ1n) is 6.19. The van der Waals surface area contributed by atoms with Gasteiger partial charge in [0.2, 0.25) is 0 Å². The summed E-state index contributed by atoms with van der Waals surface area (Å²) >= 11 is 3.56. The molecular formula is C12H21BrN4. The van der Waals surface area contributed by atoms with Gasteiger partial charge < -0.3 is 10.6 Å². The zero-order chi connectivity index (χ0) is 12.4. The van der Waals surface area contributed by atoms with Gasteiger partial charge in [-0.3, -0.25) is 4.68 Å². The van der Waals surface area contributed by atoms with Crippen molar-refractivity contribution in [2.24, 2.45) is 11.7 Å². The topological polar surface area (TPSA) is 47.1 Å². The predicted octanol–water partition coefficient (Wildman–Crippen LogP) is 2.01. The summed E-state index contributed by atoms with van der Waals surface area (Å²) in [5.74, 6) is 0.842. The van der Waals surface area contributed by atoms with Gasteiger partial charge in [-0.05, 0) is 42.4 Å². The molecule has 1 saturated carbocycles. The van der Waals surface area contributed by atoms with Gasteiger partial charge in [0.15, 0.2) is 0 Å². The lowest BCUT2D eigenvalue weighted by atomic mass is 10.1. The van der Waals surface area contributed by atoms with Gasteiger partial charge in [-0.15, -0.1) is 0 Å². The Hall–Kier alpha value is -0.390. The number of rotatable bonds is 6. The zero-order valence-corrected chi connectivity index (χ0v) is 12.2. The van der Waals surface area contributed by atoms with Gasteiger partial charge in [-0.2, -0.15) is 5.10 Å². The number of nitrogens with two attached hydrogens (primary N) is 1. The predicted molar refractivity (Wildman–Crippen MR) is 72.8 cm³/mol. The van der Waals surface area contributed by atoms with Gasteiger partial charge in [0.25, 0.3) is 0 Å². The van der Waals surface area contributed by atoms with Crippen LogP contribution in [0.5, 0.6) is 0 Å². The van der Waals surface area contributed by atoms with Crippen LogP contribution in [0.25, 0.3) is 0 Å². The van der Waals surface area contributed by atoms with Crippen LogP contribution in [0.2, 0.25) is 0 Å². The monoisotopic (exact) mass is 300 g/mol. The molecule has 0 aromatic carbocycles. The number of likely N-dealkylation sites (N-methyl/N-ethyl adjacent to an activating group) is 1. The Morgan fingerprint density at radius 3 is 2.88 bits per heavy atom. The highest BCUT2D eigenvalue weighted by Gasteiger charge is 2.27. The van der Waals surface area contributed by atoms with Crippen molar-refractivity contribution in [3.63, 3.8) is 0 Å². The van der Waals surface area contributed by atoms with Gasteiger partial charge >= 0.3 is 0 Å². The van der Waals surface area contributed by atoms with Crippen molar-refractivity contribution in [2.75, 3.05) is 20.6 Å². The fourth-order valence-corrected chi connectivity index (χ4v) is 2.63. The van der Waals surface area contributed by atoms with E-state index in [0.717, 1.165) is 35.6 Å². The highest BCUT2D eigenvalue weighted by Crippen LogP contribution is 2.38. The molecule has 4 nitrogen and oxygen atoms in total. The molecule has 0 amide bonds. The van der Waals surface area contributed by atoms with E-state index in [0.29, 0.717) is 0 Å². The van der Waals surface area contributed by atoms with Crippen molar-refractivity contribution < 1.29 is 0 Å². The Kier molecular flexibility index (Phi) is 4.22. The summed E-state index contributed by atoms with van der Waals surface area (Å²) in [7, 11) is 4.14. The molecule has 0 aliphatic heterocycles. The maximum atomic E-state index is 6.28. The summed E-state index contributed by atoms with van der Waals surface area (Å²) in [5, 5.41) is 4.40. The Morgan fingerprint density at radius 2 is 2.29 bits per heavy atom. The van der Waals surface area contributed by atoms with E-state index >= 15 is 0 Å². The van der Waals surface area contributed by atoms with Crippen LogP contribution in [0.4, 0.5) is 0 Å². The van der Waals surface area contributed by atoms with E-state index in [9.17, 15) is 0 Å². The van der Waals surface area contributed by atoms with E-state index in [4.69, 9.17) is 5.73 Å². The number of aromatic nitrogens is 2. The van der Waals surface area contributed by atoms with Gasteiger partial charge in [0, 0.05) is 12.6 Å². The van der Waals surface area contributed by atoms with Gasteiger partial charge in [0.1, 0.15) is 0 Å². The minimum Gasteiger partial charge on any atom is -0.323 e. The number of halogens is 1. The molecule has 1 fully saturated rings. The Balaban J connectivity index is 2.04. The minimum atomic E-state index is 0.113. The summed E-state index contributed by atoms with van der Waals surface area (Å²) in [6.45, 7) is 1.88. The molecule has 1 atom stereocenters. The summed E-state index contributed by atoms with van der Waals surface area (Å²) < 4.78 is 3.08. The summed E-state index contributed by atoms with van der Waals surface area (Å²) in [6, 6.07) is 0.113. The second-order valence-electron chi connectivity index (χ2n) is 5.19. The highest BCUT2D eigenvalue weighted by atomic mass is 79.9. The van der Waals surface area contributed by atoms with Crippen LogP contribution in [0.1, 0.15) is 31.0 Å². The Morgan fingerprint density at radius 1 is 1.59 bits per heavy atom. The highest BCUT2D eigenvalue weighted by molar-refractivity contribution is 9.10. The molecule has 5 heteroatoms. The molecular weight excluding hydrogens is 280 g/mol. The second-order valence-corrected chi connectivity index (χ2v) is 6.04. The normalized spacial score (nSPS) is 17.7. The van der Waals surface area contributed by atoms with Gasteiger partial charge in [0.05, 0.1) is 22.9 Å². The van der Waals surface area contributed by atoms with Crippen LogP contribution in [0.15, 0.2) is 10.7 Å². The van der Waals surface area contributed by atoms with Gasteiger partial charge in [-0.25, -0.2) is 0 Å². The molecule has 96 valence electrons. The molecule has 1 aromatic rings. The molecule has 17 heavy (non-hydrogen) atoms. The third kappa shape index (κ3) is 3.53. The van der Waals surface area contributed by atoms with Crippen molar-refractivity contribution in [1.29, 1.82) is 0 Å². The zero-order valence-electron chi connectivity index (χ0n) is 10.6. The van der Waals surface area contributed by atoms with Crippen LogP contribution < -0.4 is 5.73 Å².